The van der Waals surface area contributed by atoms with Crippen molar-refractivity contribution in [2.45, 2.75) is 33.1 Å². The van der Waals surface area contributed by atoms with Crippen LogP contribution in [-0.2, 0) is 11.2 Å². The van der Waals surface area contributed by atoms with Crippen LogP contribution in [0.5, 0.6) is 5.75 Å². The van der Waals surface area contributed by atoms with Gasteiger partial charge in [-0.1, -0.05) is 24.6 Å². The van der Waals surface area contributed by atoms with Crippen molar-refractivity contribution in [1.29, 1.82) is 0 Å². The van der Waals surface area contributed by atoms with Gasteiger partial charge in [-0.3, -0.25) is 4.79 Å². The molecule has 1 aromatic rings. The summed E-state index contributed by atoms with van der Waals surface area (Å²) in [5, 5.41) is 11.8. The van der Waals surface area contributed by atoms with E-state index < -0.39 is 0 Å². The molecular weight excluding hydrogens is 254 g/mol. The summed E-state index contributed by atoms with van der Waals surface area (Å²) in [5.74, 6) is 1.05. The van der Waals surface area contributed by atoms with E-state index in [0.29, 0.717) is 18.9 Å². The van der Waals surface area contributed by atoms with Gasteiger partial charge in [-0.25, -0.2) is 0 Å². The van der Waals surface area contributed by atoms with Crippen molar-refractivity contribution < 1.29 is 14.6 Å². The zero-order chi connectivity index (χ0) is 15.0. The largest absolute Gasteiger partial charge is 0.496 e. The van der Waals surface area contributed by atoms with Crippen molar-refractivity contribution >= 4 is 5.91 Å². The Hall–Kier alpha value is -1.55. The number of aliphatic hydroxyl groups is 1. The maximum Gasteiger partial charge on any atom is 0.224 e. The highest BCUT2D eigenvalue weighted by molar-refractivity contribution is 5.79. The molecule has 1 aromatic carbocycles. The van der Waals surface area contributed by atoms with E-state index in [1.54, 1.807) is 7.11 Å². The zero-order valence-corrected chi connectivity index (χ0v) is 12.6. The molecule has 1 atom stereocenters. The van der Waals surface area contributed by atoms with Crippen molar-refractivity contribution in [1.82, 2.24) is 5.32 Å². The van der Waals surface area contributed by atoms with E-state index in [1.165, 1.54) is 0 Å². The summed E-state index contributed by atoms with van der Waals surface area (Å²) in [5.41, 5.74) is 2.03. The minimum absolute atomic E-state index is 0.00514. The molecule has 20 heavy (non-hydrogen) atoms. The standard InChI is InChI=1S/C16H25NO3/c1-12-6-7-15(20-3)14(9-12)10-16(19)17-8-4-5-13(2)11-18/h6-7,9,13,18H,4-5,8,10-11H2,1-3H3,(H,17,19). The van der Waals surface area contributed by atoms with E-state index in [0.717, 1.165) is 29.7 Å². The van der Waals surface area contributed by atoms with Crippen LogP contribution in [0.2, 0.25) is 0 Å². The number of aryl methyl sites for hydroxylation is 1. The first kappa shape index (κ1) is 16.5. The summed E-state index contributed by atoms with van der Waals surface area (Å²) in [6.45, 7) is 4.85. The van der Waals surface area contributed by atoms with Gasteiger partial charge >= 0.3 is 0 Å². The number of hydrogen-bond donors (Lipinski definition) is 2. The molecule has 0 heterocycles. The molecular formula is C16H25NO3. The average Bonchev–Trinajstić information content (AvgIpc) is 2.43. The number of nitrogens with one attached hydrogen (secondary N) is 1. The summed E-state index contributed by atoms with van der Waals surface area (Å²) in [6.07, 6.45) is 2.14. The quantitative estimate of drug-likeness (QED) is 0.716. The Balaban J connectivity index is 2.40. The van der Waals surface area contributed by atoms with Gasteiger partial charge in [0.1, 0.15) is 5.75 Å². The van der Waals surface area contributed by atoms with Gasteiger partial charge < -0.3 is 15.2 Å². The molecule has 2 N–H and O–H groups in total. The minimum Gasteiger partial charge on any atom is -0.496 e. The van der Waals surface area contributed by atoms with Crippen molar-refractivity contribution in [2.75, 3.05) is 20.3 Å². The highest BCUT2D eigenvalue weighted by Crippen LogP contribution is 2.20. The molecule has 0 aliphatic rings. The molecule has 0 aliphatic carbocycles. The van der Waals surface area contributed by atoms with Gasteiger partial charge in [-0.05, 0) is 31.7 Å². The van der Waals surface area contributed by atoms with E-state index in [1.807, 2.05) is 32.0 Å². The Morgan fingerprint density at radius 2 is 2.20 bits per heavy atom. The summed E-state index contributed by atoms with van der Waals surface area (Å²) in [6, 6.07) is 5.84. The van der Waals surface area contributed by atoms with E-state index in [9.17, 15) is 4.79 Å². The first-order valence-electron chi connectivity index (χ1n) is 7.08. The summed E-state index contributed by atoms with van der Waals surface area (Å²) in [4.78, 5) is 11.9. The number of rotatable bonds is 8. The molecule has 0 aliphatic heterocycles. The van der Waals surface area contributed by atoms with Gasteiger partial charge in [0.15, 0.2) is 0 Å². The van der Waals surface area contributed by atoms with Crippen LogP contribution in [0.4, 0.5) is 0 Å². The third-order valence-corrected chi connectivity index (χ3v) is 3.29. The predicted molar refractivity (Wildman–Crippen MR) is 79.9 cm³/mol. The number of ether oxygens (including phenoxy) is 1. The van der Waals surface area contributed by atoms with Gasteiger partial charge in [0, 0.05) is 18.7 Å². The molecule has 1 unspecified atom stereocenters. The van der Waals surface area contributed by atoms with E-state index in [4.69, 9.17) is 9.84 Å². The van der Waals surface area contributed by atoms with Crippen LogP contribution in [0.1, 0.15) is 30.9 Å². The van der Waals surface area contributed by atoms with Crippen LogP contribution in [0.3, 0.4) is 0 Å². The second-order valence-electron chi connectivity index (χ2n) is 5.27. The average molecular weight is 279 g/mol. The van der Waals surface area contributed by atoms with Crippen molar-refractivity contribution in [3.63, 3.8) is 0 Å². The van der Waals surface area contributed by atoms with Gasteiger partial charge in [0.2, 0.25) is 5.91 Å². The highest BCUT2D eigenvalue weighted by atomic mass is 16.5. The molecule has 1 rings (SSSR count). The van der Waals surface area contributed by atoms with Gasteiger partial charge in [0.05, 0.1) is 13.5 Å². The Morgan fingerprint density at radius 3 is 2.85 bits per heavy atom. The van der Waals surface area contributed by atoms with Crippen molar-refractivity contribution in [2.24, 2.45) is 5.92 Å². The number of methoxy groups -OCH3 is 1. The Bertz CT molecular complexity index is 432. The first-order valence-corrected chi connectivity index (χ1v) is 7.08. The van der Waals surface area contributed by atoms with E-state index in [-0.39, 0.29) is 12.5 Å². The normalized spacial score (nSPS) is 12.0. The molecule has 0 radical (unpaired) electrons. The second kappa shape index (κ2) is 8.59. The maximum absolute atomic E-state index is 11.9. The number of carbonyl (C=O) groups excluding carboxylic acids is 1. The fraction of sp³-hybridized carbons (Fsp3) is 0.562. The third kappa shape index (κ3) is 5.61. The molecule has 0 fully saturated rings. The third-order valence-electron chi connectivity index (χ3n) is 3.29. The topological polar surface area (TPSA) is 58.6 Å². The molecule has 0 aromatic heterocycles. The Kier molecular flexibility index (Phi) is 7.09. The summed E-state index contributed by atoms with van der Waals surface area (Å²) in [7, 11) is 1.61. The second-order valence-corrected chi connectivity index (χ2v) is 5.27. The number of carbonyl (C=O) groups is 1. The van der Waals surface area contributed by atoms with Gasteiger partial charge in [-0.2, -0.15) is 0 Å². The first-order chi connectivity index (χ1) is 9.56. The Morgan fingerprint density at radius 1 is 1.45 bits per heavy atom. The predicted octanol–water partition coefficient (Wildman–Crippen LogP) is 2.07. The van der Waals surface area contributed by atoms with Crippen LogP contribution < -0.4 is 10.1 Å². The van der Waals surface area contributed by atoms with Crippen molar-refractivity contribution in [3.05, 3.63) is 29.3 Å². The fourth-order valence-corrected chi connectivity index (χ4v) is 2.05. The molecule has 4 heteroatoms. The van der Waals surface area contributed by atoms with E-state index >= 15 is 0 Å². The van der Waals surface area contributed by atoms with Crippen molar-refractivity contribution in [3.8, 4) is 5.75 Å². The lowest BCUT2D eigenvalue weighted by molar-refractivity contribution is -0.120. The minimum atomic E-state index is 0.00514. The number of amides is 1. The van der Waals surface area contributed by atoms with Crippen LogP contribution in [0.15, 0.2) is 18.2 Å². The number of hydrogen-bond acceptors (Lipinski definition) is 3. The van der Waals surface area contributed by atoms with Crippen LogP contribution >= 0.6 is 0 Å². The van der Waals surface area contributed by atoms with Crippen LogP contribution in [0, 0.1) is 12.8 Å². The monoisotopic (exact) mass is 279 g/mol. The lowest BCUT2D eigenvalue weighted by Crippen LogP contribution is -2.26. The van der Waals surface area contributed by atoms with Crippen LogP contribution in [0.25, 0.3) is 0 Å². The zero-order valence-electron chi connectivity index (χ0n) is 12.6. The summed E-state index contributed by atoms with van der Waals surface area (Å²) < 4.78 is 5.27. The highest BCUT2D eigenvalue weighted by Gasteiger charge is 2.09. The van der Waals surface area contributed by atoms with Gasteiger partial charge in [-0.15, -0.1) is 0 Å². The molecule has 1 amide bonds. The molecule has 4 nitrogen and oxygen atoms in total. The van der Waals surface area contributed by atoms with Crippen LogP contribution in [-0.4, -0.2) is 31.3 Å². The van der Waals surface area contributed by atoms with Gasteiger partial charge in [0.25, 0.3) is 0 Å². The van der Waals surface area contributed by atoms with E-state index in [2.05, 4.69) is 5.32 Å². The molecule has 0 saturated carbocycles. The fourth-order valence-electron chi connectivity index (χ4n) is 2.05. The molecule has 0 saturated heterocycles. The lowest BCUT2D eigenvalue weighted by atomic mass is 10.1. The maximum atomic E-state index is 11.9. The molecule has 0 spiro atoms. The lowest BCUT2D eigenvalue weighted by Gasteiger charge is -2.11. The smallest absolute Gasteiger partial charge is 0.224 e. The number of benzene rings is 1. The molecule has 0 bridgehead atoms. The SMILES string of the molecule is COc1ccc(C)cc1CC(=O)NCCCC(C)CO. The number of aliphatic hydroxyl groups excluding tert-OH is 1. The Labute approximate surface area is 121 Å². The molecule has 112 valence electrons. The summed E-state index contributed by atoms with van der Waals surface area (Å²) >= 11 is 0.